The van der Waals surface area contributed by atoms with Crippen LogP contribution in [0.15, 0.2) is 10.7 Å². The molecule has 1 aromatic heterocycles. The zero-order valence-electron chi connectivity index (χ0n) is 7.33. The predicted molar refractivity (Wildman–Crippen MR) is 51.5 cm³/mol. The second-order valence-corrected chi connectivity index (χ2v) is 3.70. The molecule has 0 saturated carbocycles. The van der Waals surface area contributed by atoms with Crippen molar-refractivity contribution >= 4 is 21.9 Å². The van der Waals surface area contributed by atoms with Crippen LogP contribution >= 0.6 is 15.9 Å². The lowest BCUT2D eigenvalue weighted by Gasteiger charge is -1.94. The van der Waals surface area contributed by atoms with Gasteiger partial charge in [0.15, 0.2) is 0 Å². The molecule has 0 aliphatic carbocycles. The molecule has 0 amide bonds. The number of hydrogen-bond acceptors (Lipinski definition) is 2. The highest BCUT2D eigenvalue weighted by molar-refractivity contribution is 9.10. The normalized spacial score (nSPS) is 10.3. The van der Waals surface area contributed by atoms with Gasteiger partial charge in [-0.2, -0.15) is 5.10 Å². The molecule has 0 atom stereocenters. The number of carboxylic acids is 1. The number of halogens is 1. The summed E-state index contributed by atoms with van der Waals surface area (Å²) >= 11 is 3.35. The average molecular weight is 247 g/mol. The van der Waals surface area contributed by atoms with E-state index in [-0.39, 0.29) is 6.42 Å². The second kappa shape index (κ2) is 4.41. The number of hydrogen-bond donors (Lipinski definition) is 1. The fourth-order valence-electron chi connectivity index (χ4n) is 1.08. The Morgan fingerprint density at radius 3 is 2.92 bits per heavy atom. The smallest absolute Gasteiger partial charge is 0.303 e. The molecule has 0 aliphatic rings. The third-order valence-corrected chi connectivity index (χ3v) is 2.32. The van der Waals surface area contributed by atoms with Gasteiger partial charge in [0.2, 0.25) is 0 Å². The topological polar surface area (TPSA) is 55.1 Å². The van der Waals surface area contributed by atoms with Crippen molar-refractivity contribution in [2.24, 2.45) is 7.05 Å². The Hall–Kier alpha value is -0.840. The zero-order valence-corrected chi connectivity index (χ0v) is 8.91. The maximum atomic E-state index is 10.2. The number of aromatic nitrogens is 2. The second-order valence-electron chi connectivity index (χ2n) is 2.84. The summed E-state index contributed by atoms with van der Waals surface area (Å²) in [6.45, 7) is 0. The van der Waals surface area contributed by atoms with E-state index in [4.69, 9.17) is 5.11 Å². The molecule has 5 heteroatoms. The molecule has 72 valence electrons. The molecule has 1 rings (SSSR count). The van der Waals surface area contributed by atoms with Crippen LogP contribution in [0.4, 0.5) is 0 Å². The van der Waals surface area contributed by atoms with E-state index in [1.807, 2.05) is 13.2 Å². The Labute approximate surface area is 84.7 Å². The summed E-state index contributed by atoms with van der Waals surface area (Å²) in [5, 5.41) is 12.6. The SMILES string of the molecule is Cn1cc(Br)c(CCCC(=O)O)n1. The molecule has 0 aromatic carbocycles. The van der Waals surface area contributed by atoms with Crippen LogP contribution in [0.25, 0.3) is 0 Å². The van der Waals surface area contributed by atoms with Crippen LogP contribution in [0.1, 0.15) is 18.5 Å². The van der Waals surface area contributed by atoms with E-state index < -0.39 is 5.97 Å². The quantitative estimate of drug-likeness (QED) is 0.878. The van der Waals surface area contributed by atoms with Gasteiger partial charge in [-0.1, -0.05) is 0 Å². The molecule has 0 aliphatic heterocycles. The summed E-state index contributed by atoms with van der Waals surface area (Å²) in [6.07, 6.45) is 3.39. The maximum absolute atomic E-state index is 10.2. The van der Waals surface area contributed by atoms with Crippen molar-refractivity contribution in [3.63, 3.8) is 0 Å². The maximum Gasteiger partial charge on any atom is 0.303 e. The summed E-state index contributed by atoms with van der Waals surface area (Å²) in [4.78, 5) is 10.2. The molecule has 0 bridgehead atoms. The summed E-state index contributed by atoms with van der Waals surface area (Å²) in [5.41, 5.74) is 0.920. The van der Waals surface area contributed by atoms with E-state index in [2.05, 4.69) is 21.0 Å². The van der Waals surface area contributed by atoms with Gasteiger partial charge in [-0.25, -0.2) is 0 Å². The number of carboxylic acid groups (broad SMARTS) is 1. The van der Waals surface area contributed by atoms with Crippen LogP contribution in [0.5, 0.6) is 0 Å². The van der Waals surface area contributed by atoms with Gasteiger partial charge in [-0.05, 0) is 28.8 Å². The van der Waals surface area contributed by atoms with E-state index in [9.17, 15) is 4.79 Å². The van der Waals surface area contributed by atoms with Gasteiger partial charge in [0.05, 0.1) is 10.2 Å². The number of rotatable bonds is 4. The number of nitrogens with zero attached hydrogens (tertiary/aromatic N) is 2. The highest BCUT2D eigenvalue weighted by Gasteiger charge is 2.05. The van der Waals surface area contributed by atoms with Gasteiger partial charge in [-0.15, -0.1) is 0 Å². The predicted octanol–water partition coefficient (Wildman–Crippen LogP) is 1.59. The van der Waals surface area contributed by atoms with E-state index in [0.717, 1.165) is 10.2 Å². The van der Waals surface area contributed by atoms with Gasteiger partial charge in [-0.3, -0.25) is 9.48 Å². The van der Waals surface area contributed by atoms with Gasteiger partial charge in [0.25, 0.3) is 0 Å². The lowest BCUT2D eigenvalue weighted by atomic mass is 10.2. The van der Waals surface area contributed by atoms with Crippen LogP contribution in [-0.2, 0) is 18.3 Å². The van der Waals surface area contributed by atoms with Crippen molar-refractivity contribution in [1.29, 1.82) is 0 Å². The van der Waals surface area contributed by atoms with E-state index in [1.165, 1.54) is 0 Å². The Bertz CT molecular complexity index is 309. The van der Waals surface area contributed by atoms with Crippen molar-refractivity contribution in [1.82, 2.24) is 9.78 Å². The molecule has 0 unspecified atom stereocenters. The zero-order chi connectivity index (χ0) is 9.84. The molecule has 0 fully saturated rings. The first-order valence-electron chi connectivity index (χ1n) is 3.99. The first kappa shape index (κ1) is 10.2. The lowest BCUT2D eigenvalue weighted by molar-refractivity contribution is -0.137. The van der Waals surface area contributed by atoms with Crippen LogP contribution in [0.3, 0.4) is 0 Å². The van der Waals surface area contributed by atoms with Crippen LogP contribution in [0.2, 0.25) is 0 Å². The van der Waals surface area contributed by atoms with Crippen molar-refractivity contribution in [3.05, 3.63) is 16.4 Å². The minimum atomic E-state index is -0.757. The van der Waals surface area contributed by atoms with Crippen molar-refractivity contribution in [2.45, 2.75) is 19.3 Å². The fraction of sp³-hybridized carbons (Fsp3) is 0.500. The van der Waals surface area contributed by atoms with Crippen LogP contribution < -0.4 is 0 Å². The Balaban J connectivity index is 2.45. The lowest BCUT2D eigenvalue weighted by Crippen LogP contribution is -1.97. The number of aliphatic carboxylic acids is 1. The first-order valence-corrected chi connectivity index (χ1v) is 4.78. The molecule has 4 nitrogen and oxygen atoms in total. The highest BCUT2D eigenvalue weighted by Crippen LogP contribution is 2.16. The first-order chi connectivity index (χ1) is 6.09. The molecule has 1 heterocycles. The summed E-state index contributed by atoms with van der Waals surface area (Å²) < 4.78 is 2.65. The highest BCUT2D eigenvalue weighted by atomic mass is 79.9. The van der Waals surface area contributed by atoms with E-state index >= 15 is 0 Å². The van der Waals surface area contributed by atoms with E-state index in [1.54, 1.807) is 4.68 Å². The third-order valence-electron chi connectivity index (χ3n) is 1.66. The fourth-order valence-corrected chi connectivity index (χ4v) is 1.66. The van der Waals surface area contributed by atoms with Crippen molar-refractivity contribution in [2.75, 3.05) is 0 Å². The third kappa shape index (κ3) is 3.18. The molecule has 0 radical (unpaired) electrons. The Morgan fingerprint density at radius 2 is 2.46 bits per heavy atom. The van der Waals surface area contributed by atoms with Gasteiger partial charge >= 0.3 is 5.97 Å². The molecular weight excluding hydrogens is 236 g/mol. The molecule has 13 heavy (non-hydrogen) atoms. The largest absolute Gasteiger partial charge is 0.481 e. The molecule has 1 N–H and O–H groups in total. The monoisotopic (exact) mass is 246 g/mol. The molecule has 0 saturated heterocycles. The van der Waals surface area contributed by atoms with Crippen molar-refractivity contribution in [3.8, 4) is 0 Å². The van der Waals surface area contributed by atoms with Crippen LogP contribution in [-0.4, -0.2) is 20.9 Å². The summed E-state index contributed by atoms with van der Waals surface area (Å²) in [5.74, 6) is -0.757. The molecular formula is C8H11BrN2O2. The molecule has 0 spiro atoms. The van der Waals surface area contributed by atoms with Crippen LogP contribution in [0, 0.1) is 0 Å². The Morgan fingerprint density at radius 1 is 1.77 bits per heavy atom. The molecule has 1 aromatic rings. The standard InChI is InChI=1S/C8H11BrN2O2/c1-11-5-6(9)7(10-11)3-2-4-8(12)13/h5H,2-4H2,1H3,(H,12,13). The van der Waals surface area contributed by atoms with Crippen molar-refractivity contribution < 1.29 is 9.90 Å². The van der Waals surface area contributed by atoms with Gasteiger partial charge in [0, 0.05) is 19.7 Å². The summed E-state index contributed by atoms with van der Waals surface area (Å²) in [7, 11) is 1.84. The number of carbonyl (C=O) groups is 1. The minimum absolute atomic E-state index is 0.197. The number of aryl methyl sites for hydroxylation is 2. The summed E-state index contributed by atoms with van der Waals surface area (Å²) in [6, 6.07) is 0. The minimum Gasteiger partial charge on any atom is -0.481 e. The Kier molecular flexibility index (Phi) is 3.48. The van der Waals surface area contributed by atoms with Gasteiger partial charge < -0.3 is 5.11 Å². The van der Waals surface area contributed by atoms with E-state index in [0.29, 0.717) is 12.8 Å². The van der Waals surface area contributed by atoms with Gasteiger partial charge in [0.1, 0.15) is 0 Å². The average Bonchev–Trinajstić information content (AvgIpc) is 2.29.